The largest absolute Gasteiger partial charge is 0.378 e. The lowest BCUT2D eigenvalue weighted by Crippen LogP contribution is -2.40. The van der Waals surface area contributed by atoms with Gasteiger partial charge in [0, 0.05) is 43.3 Å². The number of carbonyl (C=O) groups excluding carboxylic acids is 2. The van der Waals surface area contributed by atoms with E-state index in [9.17, 15) is 9.59 Å². The molecule has 4 atom stereocenters. The highest BCUT2D eigenvalue weighted by atomic mass is 16.5. The van der Waals surface area contributed by atoms with Crippen molar-refractivity contribution >= 4 is 11.8 Å². The standard InChI is InChI=1S/C23H33N3O3/c1-24(2)20-12-18-14-21(15-19(18)13-20)25(3)22(27)16-4-6-17(7-5-16)23(28)26-8-10-29-11-9-26/h4-7,18-21H,8-15H2,1-3H3/t18-,19+,20?,21?. The maximum Gasteiger partial charge on any atom is 0.254 e. The van der Waals surface area contributed by atoms with E-state index in [1.165, 1.54) is 12.8 Å². The topological polar surface area (TPSA) is 53.1 Å². The molecule has 1 aromatic carbocycles. The molecule has 2 amide bonds. The number of hydrogen-bond donors (Lipinski definition) is 0. The summed E-state index contributed by atoms with van der Waals surface area (Å²) in [5.74, 6) is 1.57. The van der Waals surface area contributed by atoms with Crippen LogP contribution in [0, 0.1) is 11.8 Å². The first kappa shape index (κ1) is 20.4. The Morgan fingerprint density at radius 3 is 1.93 bits per heavy atom. The van der Waals surface area contributed by atoms with E-state index in [0.717, 1.165) is 24.7 Å². The lowest BCUT2D eigenvalue weighted by atomic mass is 10.0. The summed E-state index contributed by atoms with van der Waals surface area (Å²) in [6.45, 7) is 2.43. The Labute approximate surface area is 173 Å². The molecule has 6 nitrogen and oxygen atoms in total. The number of carbonyl (C=O) groups is 2. The van der Waals surface area contributed by atoms with Crippen LogP contribution in [0.15, 0.2) is 24.3 Å². The minimum atomic E-state index is 0.0136. The summed E-state index contributed by atoms with van der Waals surface area (Å²) in [6, 6.07) is 8.18. The Kier molecular flexibility index (Phi) is 5.93. The van der Waals surface area contributed by atoms with Crippen molar-refractivity contribution in [2.75, 3.05) is 47.4 Å². The van der Waals surface area contributed by atoms with Gasteiger partial charge in [-0.3, -0.25) is 9.59 Å². The molecule has 4 rings (SSSR count). The van der Waals surface area contributed by atoms with Gasteiger partial charge in [-0.25, -0.2) is 0 Å². The zero-order valence-electron chi connectivity index (χ0n) is 17.8. The predicted octanol–water partition coefficient (Wildman–Crippen LogP) is 2.35. The van der Waals surface area contributed by atoms with Crippen LogP contribution in [0.5, 0.6) is 0 Å². The molecule has 0 aromatic heterocycles. The summed E-state index contributed by atoms with van der Waals surface area (Å²) in [4.78, 5) is 31.7. The summed E-state index contributed by atoms with van der Waals surface area (Å²) in [6.07, 6.45) is 4.75. The van der Waals surface area contributed by atoms with Crippen molar-refractivity contribution in [2.45, 2.75) is 37.8 Å². The average molecular weight is 400 g/mol. The number of ether oxygens (including phenoxy) is 1. The van der Waals surface area contributed by atoms with Gasteiger partial charge in [-0.05, 0) is 75.9 Å². The predicted molar refractivity (Wildman–Crippen MR) is 112 cm³/mol. The third-order valence-corrected chi connectivity index (χ3v) is 7.24. The Balaban J connectivity index is 1.35. The summed E-state index contributed by atoms with van der Waals surface area (Å²) >= 11 is 0. The maximum absolute atomic E-state index is 13.0. The maximum atomic E-state index is 13.0. The van der Waals surface area contributed by atoms with Gasteiger partial charge in [-0.1, -0.05) is 0 Å². The van der Waals surface area contributed by atoms with Crippen molar-refractivity contribution in [2.24, 2.45) is 11.8 Å². The summed E-state index contributed by atoms with van der Waals surface area (Å²) in [5.41, 5.74) is 1.30. The molecule has 2 saturated carbocycles. The second-order valence-corrected chi connectivity index (χ2v) is 9.13. The normalized spacial score (nSPS) is 29.2. The van der Waals surface area contributed by atoms with E-state index in [4.69, 9.17) is 4.74 Å². The fraction of sp³-hybridized carbons (Fsp3) is 0.652. The summed E-state index contributed by atoms with van der Waals surface area (Å²) < 4.78 is 5.31. The Morgan fingerprint density at radius 2 is 1.38 bits per heavy atom. The molecule has 6 heteroatoms. The first-order valence-corrected chi connectivity index (χ1v) is 10.8. The molecule has 0 radical (unpaired) electrons. The van der Waals surface area contributed by atoms with E-state index in [1.54, 1.807) is 24.3 Å². The number of hydrogen-bond acceptors (Lipinski definition) is 4. The molecule has 2 aliphatic carbocycles. The number of nitrogens with zero attached hydrogens (tertiary/aromatic N) is 3. The first-order valence-electron chi connectivity index (χ1n) is 10.8. The molecule has 29 heavy (non-hydrogen) atoms. The van der Waals surface area contributed by atoms with Crippen LogP contribution in [0.1, 0.15) is 46.4 Å². The quantitative estimate of drug-likeness (QED) is 0.780. The van der Waals surface area contributed by atoms with Gasteiger partial charge in [0.15, 0.2) is 0 Å². The van der Waals surface area contributed by atoms with Gasteiger partial charge < -0.3 is 19.4 Å². The number of rotatable bonds is 4. The van der Waals surface area contributed by atoms with Crippen molar-refractivity contribution in [1.82, 2.24) is 14.7 Å². The van der Waals surface area contributed by atoms with Crippen LogP contribution in [-0.4, -0.2) is 86.0 Å². The van der Waals surface area contributed by atoms with Crippen LogP contribution in [-0.2, 0) is 4.74 Å². The van der Waals surface area contributed by atoms with Gasteiger partial charge in [-0.15, -0.1) is 0 Å². The van der Waals surface area contributed by atoms with Gasteiger partial charge in [0.05, 0.1) is 13.2 Å². The highest BCUT2D eigenvalue weighted by Gasteiger charge is 2.44. The smallest absolute Gasteiger partial charge is 0.254 e. The molecule has 0 spiro atoms. The Bertz CT molecular complexity index is 728. The van der Waals surface area contributed by atoms with Crippen molar-refractivity contribution in [3.8, 4) is 0 Å². The molecular weight excluding hydrogens is 366 g/mol. The molecule has 2 unspecified atom stereocenters. The van der Waals surface area contributed by atoms with Crippen LogP contribution in [0.2, 0.25) is 0 Å². The van der Waals surface area contributed by atoms with Crippen LogP contribution >= 0.6 is 0 Å². The van der Waals surface area contributed by atoms with E-state index in [2.05, 4.69) is 19.0 Å². The van der Waals surface area contributed by atoms with Crippen molar-refractivity contribution in [1.29, 1.82) is 0 Å². The molecule has 0 N–H and O–H groups in total. The molecular formula is C23H33N3O3. The van der Waals surface area contributed by atoms with E-state index >= 15 is 0 Å². The third-order valence-electron chi connectivity index (χ3n) is 7.24. The summed E-state index contributed by atoms with van der Waals surface area (Å²) in [5, 5.41) is 0. The minimum Gasteiger partial charge on any atom is -0.378 e. The second kappa shape index (κ2) is 8.44. The van der Waals surface area contributed by atoms with Gasteiger partial charge in [0.1, 0.15) is 0 Å². The monoisotopic (exact) mass is 399 g/mol. The van der Waals surface area contributed by atoms with E-state index in [-0.39, 0.29) is 11.8 Å². The second-order valence-electron chi connectivity index (χ2n) is 9.13. The molecule has 1 aromatic rings. The van der Waals surface area contributed by atoms with E-state index < -0.39 is 0 Å². The fourth-order valence-corrected chi connectivity index (χ4v) is 5.36. The van der Waals surface area contributed by atoms with E-state index in [0.29, 0.717) is 49.5 Å². The van der Waals surface area contributed by atoms with Crippen molar-refractivity contribution in [3.05, 3.63) is 35.4 Å². The lowest BCUT2D eigenvalue weighted by molar-refractivity contribution is 0.0303. The SMILES string of the molecule is CN(C)C1C[C@@H]2CC(N(C)C(=O)c3ccc(C(=O)N4CCOCC4)cc3)C[C@@H]2C1. The van der Waals surface area contributed by atoms with Gasteiger partial charge in [0.25, 0.3) is 11.8 Å². The van der Waals surface area contributed by atoms with Gasteiger partial charge in [-0.2, -0.15) is 0 Å². The number of morpholine rings is 1. The van der Waals surface area contributed by atoms with Crippen LogP contribution < -0.4 is 0 Å². The average Bonchev–Trinajstić information content (AvgIpc) is 3.32. The molecule has 0 bridgehead atoms. The minimum absolute atomic E-state index is 0.0136. The number of amides is 2. The molecule has 1 heterocycles. The van der Waals surface area contributed by atoms with E-state index in [1.807, 2.05) is 16.8 Å². The number of benzene rings is 1. The lowest BCUT2D eigenvalue weighted by Gasteiger charge is -2.28. The molecule has 1 saturated heterocycles. The summed E-state index contributed by atoms with van der Waals surface area (Å²) in [7, 11) is 6.28. The highest BCUT2D eigenvalue weighted by Crippen LogP contribution is 2.46. The zero-order valence-corrected chi connectivity index (χ0v) is 17.8. The van der Waals surface area contributed by atoms with Crippen molar-refractivity contribution in [3.63, 3.8) is 0 Å². The molecule has 158 valence electrons. The molecule has 3 aliphatic rings. The Morgan fingerprint density at radius 1 is 0.862 bits per heavy atom. The van der Waals surface area contributed by atoms with Gasteiger partial charge >= 0.3 is 0 Å². The third kappa shape index (κ3) is 4.19. The molecule has 3 fully saturated rings. The molecule has 1 aliphatic heterocycles. The van der Waals surface area contributed by atoms with Crippen LogP contribution in [0.25, 0.3) is 0 Å². The number of fused-ring (bicyclic) bond motifs is 1. The van der Waals surface area contributed by atoms with Crippen LogP contribution in [0.3, 0.4) is 0 Å². The highest BCUT2D eigenvalue weighted by molar-refractivity contribution is 5.97. The van der Waals surface area contributed by atoms with Crippen molar-refractivity contribution < 1.29 is 14.3 Å². The Hall–Kier alpha value is -1.92. The zero-order chi connectivity index (χ0) is 20.5. The fourth-order valence-electron chi connectivity index (χ4n) is 5.36. The van der Waals surface area contributed by atoms with Gasteiger partial charge in [0.2, 0.25) is 0 Å². The first-order chi connectivity index (χ1) is 13.9. The van der Waals surface area contributed by atoms with Crippen LogP contribution in [0.4, 0.5) is 0 Å².